The van der Waals surface area contributed by atoms with Gasteiger partial charge in [0.1, 0.15) is 0 Å². The minimum absolute atomic E-state index is 0.00570. The predicted molar refractivity (Wildman–Crippen MR) is 88.4 cm³/mol. The van der Waals surface area contributed by atoms with Crippen molar-refractivity contribution in [2.24, 2.45) is 0 Å². The lowest BCUT2D eigenvalue weighted by molar-refractivity contribution is -0.192. The first kappa shape index (κ1) is 20.3. The number of imidazole rings is 1. The first-order valence-corrected chi connectivity index (χ1v) is 8.74. The van der Waals surface area contributed by atoms with Crippen molar-refractivity contribution in [1.82, 2.24) is 19.5 Å². The Morgan fingerprint density at radius 3 is 2.58 bits per heavy atom. The lowest BCUT2D eigenvalue weighted by atomic mass is 9.96. The Bertz CT molecular complexity index is 866. The Morgan fingerprint density at radius 1 is 1.46 bits per heavy atom. The molecule has 3 rings (SSSR count). The number of aromatic amines is 1. The van der Waals surface area contributed by atoms with Gasteiger partial charge < -0.3 is 14.7 Å². The maximum absolute atomic E-state index is 11.7. The minimum Gasteiger partial charge on any atom is -0.475 e. The van der Waals surface area contributed by atoms with Gasteiger partial charge in [-0.05, 0) is 19.8 Å². The van der Waals surface area contributed by atoms with Crippen molar-refractivity contribution in [3.8, 4) is 0 Å². The van der Waals surface area contributed by atoms with E-state index in [1.807, 2.05) is 11.5 Å². The van der Waals surface area contributed by atoms with Gasteiger partial charge in [0.2, 0.25) is 0 Å². The van der Waals surface area contributed by atoms with Gasteiger partial charge in [-0.2, -0.15) is 13.2 Å². The van der Waals surface area contributed by atoms with Gasteiger partial charge in [-0.25, -0.2) is 14.8 Å². The summed E-state index contributed by atoms with van der Waals surface area (Å²) in [5.41, 5.74) is 2.72. The number of carboxylic acid groups (broad SMARTS) is 1. The number of thioether (sulfide) groups is 1. The molecule has 7 nitrogen and oxygen atoms in total. The number of aliphatic carboxylic acids is 1. The quantitative estimate of drug-likeness (QED) is 0.593. The van der Waals surface area contributed by atoms with Crippen LogP contribution in [0.5, 0.6) is 0 Å². The predicted octanol–water partition coefficient (Wildman–Crippen LogP) is 2.66. The maximum atomic E-state index is 11.7. The molecule has 142 valence electrons. The molecule has 0 aliphatic heterocycles. The normalized spacial score (nSPS) is 12.7. The summed E-state index contributed by atoms with van der Waals surface area (Å²) in [5.74, 6) is -2.11. The second-order valence-corrected chi connectivity index (χ2v) is 6.48. The highest BCUT2D eigenvalue weighted by molar-refractivity contribution is 7.98. The average Bonchev–Trinajstić information content (AvgIpc) is 2.87. The second kappa shape index (κ2) is 8.12. The molecule has 0 radical (unpaired) electrons. The Balaban J connectivity index is 0.000000298. The highest BCUT2D eigenvalue weighted by atomic mass is 35.5. The van der Waals surface area contributed by atoms with Gasteiger partial charge >= 0.3 is 12.1 Å². The summed E-state index contributed by atoms with van der Waals surface area (Å²) in [6.07, 6.45) is -1.61. The van der Waals surface area contributed by atoms with Gasteiger partial charge in [-0.15, -0.1) is 0 Å². The molecule has 12 heteroatoms. The molecule has 1 aliphatic carbocycles. The first-order valence-electron chi connectivity index (χ1n) is 7.38. The fraction of sp³-hybridized carbons (Fsp3) is 0.429. The van der Waals surface area contributed by atoms with Crippen molar-refractivity contribution in [1.29, 1.82) is 0 Å². The van der Waals surface area contributed by atoms with Crippen molar-refractivity contribution in [3.05, 3.63) is 38.8 Å². The Kier molecular flexibility index (Phi) is 6.34. The summed E-state index contributed by atoms with van der Waals surface area (Å²) >= 11 is 7.53. The summed E-state index contributed by atoms with van der Waals surface area (Å²) in [5, 5.41) is 8.30. The van der Waals surface area contributed by atoms with E-state index in [4.69, 9.17) is 21.5 Å². The van der Waals surface area contributed by atoms with E-state index in [1.165, 1.54) is 11.8 Å². The van der Waals surface area contributed by atoms with E-state index in [-0.39, 0.29) is 5.56 Å². The Morgan fingerprint density at radius 2 is 2.12 bits per heavy atom. The van der Waals surface area contributed by atoms with Gasteiger partial charge in [0.05, 0.1) is 17.7 Å². The van der Waals surface area contributed by atoms with E-state index in [2.05, 4.69) is 15.0 Å². The zero-order chi connectivity index (χ0) is 19.5. The van der Waals surface area contributed by atoms with Crippen molar-refractivity contribution in [3.63, 3.8) is 0 Å². The third-order valence-corrected chi connectivity index (χ3v) is 4.72. The highest BCUT2D eigenvalue weighted by Gasteiger charge is 2.38. The Hall–Kier alpha value is -2.01. The zero-order valence-corrected chi connectivity index (χ0v) is 15.0. The number of nitrogens with one attached hydrogen (secondary N) is 1. The zero-order valence-electron chi connectivity index (χ0n) is 13.4. The van der Waals surface area contributed by atoms with E-state index in [0.717, 1.165) is 36.3 Å². The molecule has 0 bridgehead atoms. The first-order chi connectivity index (χ1) is 12.1. The number of aromatic nitrogens is 4. The molecular weight excluding hydrogens is 397 g/mol. The van der Waals surface area contributed by atoms with Crippen molar-refractivity contribution >= 4 is 29.3 Å². The third kappa shape index (κ3) is 4.79. The molecule has 1 aliphatic rings. The van der Waals surface area contributed by atoms with Crippen LogP contribution in [0.4, 0.5) is 13.2 Å². The smallest absolute Gasteiger partial charge is 0.475 e. The molecule has 2 aromatic rings. The number of aryl methyl sites for hydroxylation is 2. The molecule has 26 heavy (non-hydrogen) atoms. The third-order valence-electron chi connectivity index (χ3n) is 3.52. The SMILES string of the molecule is CCn1cnc(Cl)c1CSc1nc2c(c(=O)[nH]1)CC2.O=C(O)C(F)(F)F. The standard InChI is InChI=1S/C12H13ClN4OS.C2HF3O2/c1-2-17-6-14-10(13)9(17)5-19-12-15-8-4-3-7(8)11(18)16-12;3-2(4,5)1(6)7/h6H,2-5H2,1H3,(H,15,16,18);(H,6,7). The van der Waals surface area contributed by atoms with Gasteiger partial charge in [0.15, 0.2) is 10.3 Å². The number of hydrogen-bond acceptors (Lipinski definition) is 5. The van der Waals surface area contributed by atoms with Gasteiger partial charge in [0, 0.05) is 17.9 Å². The number of carbonyl (C=O) groups is 1. The summed E-state index contributed by atoms with van der Waals surface area (Å²) < 4.78 is 33.7. The van der Waals surface area contributed by atoms with Crippen LogP contribution in [0.1, 0.15) is 23.9 Å². The van der Waals surface area contributed by atoms with E-state index in [0.29, 0.717) is 16.1 Å². The number of nitrogens with zero attached hydrogens (tertiary/aromatic N) is 3. The lowest BCUT2D eigenvalue weighted by Gasteiger charge is -2.16. The van der Waals surface area contributed by atoms with Crippen LogP contribution in [0.3, 0.4) is 0 Å². The number of alkyl halides is 3. The lowest BCUT2D eigenvalue weighted by Crippen LogP contribution is -2.26. The van der Waals surface area contributed by atoms with Crippen LogP contribution in [0, 0.1) is 0 Å². The maximum Gasteiger partial charge on any atom is 0.490 e. The molecule has 0 fully saturated rings. The number of H-pyrrole nitrogens is 1. The van der Waals surface area contributed by atoms with Crippen molar-refractivity contribution in [2.45, 2.75) is 43.4 Å². The van der Waals surface area contributed by atoms with Gasteiger partial charge in [0.25, 0.3) is 5.56 Å². The largest absolute Gasteiger partial charge is 0.490 e. The van der Waals surface area contributed by atoms with Crippen molar-refractivity contribution < 1.29 is 23.1 Å². The molecule has 0 aromatic carbocycles. The molecule has 2 aromatic heterocycles. The summed E-state index contributed by atoms with van der Waals surface area (Å²) in [7, 11) is 0. The van der Waals surface area contributed by atoms with Crippen LogP contribution in [0.15, 0.2) is 16.3 Å². The topological polar surface area (TPSA) is 101 Å². The van der Waals surface area contributed by atoms with Gasteiger partial charge in [-0.1, -0.05) is 23.4 Å². The van der Waals surface area contributed by atoms with E-state index < -0.39 is 12.1 Å². The minimum atomic E-state index is -5.08. The fourth-order valence-electron chi connectivity index (χ4n) is 2.06. The molecule has 0 spiro atoms. The summed E-state index contributed by atoms with van der Waals surface area (Å²) in [6, 6.07) is 0. The molecule has 0 saturated carbocycles. The number of halogens is 4. The van der Waals surface area contributed by atoms with Crippen LogP contribution >= 0.6 is 23.4 Å². The number of fused-ring (bicyclic) bond motifs is 1. The molecule has 2 N–H and O–H groups in total. The number of rotatable bonds is 4. The van der Waals surface area contributed by atoms with Crippen LogP contribution in [-0.4, -0.2) is 36.8 Å². The van der Waals surface area contributed by atoms with E-state index in [9.17, 15) is 18.0 Å². The van der Waals surface area contributed by atoms with E-state index >= 15 is 0 Å². The van der Waals surface area contributed by atoms with Crippen LogP contribution in [0.2, 0.25) is 5.15 Å². The Labute approximate surface area is 154 Å². The number of carboxylic acids is 1. The molecule has 0 atom stereocenters. The fourth-order valence-corrected chi connectivity index (χ4v) is 3.27. The number of hydrogen-bond donors (Lipinski definition) is 2. The second-order valence-electron chi connectivity index (χ2n) is 5.16. The molecule has 0 unspecified atom stereocenters. The molecule has 0 saturated heterocycles. The van der Waals surface area contributed by atoms with E-state index in [1.54, 1.807) is 6.33 Å². The van der Waals surface area contributed by atoms with Gasteiger partial charge in [-0.3, -0.25) is 4.79 Å². The molecule has 2 heterocycles. The summed E-state index contributed by atoms with van der Waals surface area (Å²) in [4.78, 5) is 31.9. The van der Waals surface area contributed by atoms with Crippen LogP contribution < -0.4 is 5.56 Å². The molecular formula is C14H14ClF3N4O3S. The van der Waals surface area contributed by atoms with Crippen LogP contribution in [0.25, 0.3) is 0 Å². The monoisotopic (exact) mass is 410 g/mol. The molecule has 0 amide bonds. The average molecular weight is 411 g/mol. The highest BCUT2D eigenvalue weighted by Crippen LogP contribution is 2.25. The summed E-state index contributed by atoms with van der Waals surface area (Å²) in [6.45, 7) is 2.86. The van der Waals surface area contributed by atoms with Crippen molar-refractivity contribution in [2.75, 3.05) is 0 Å². The van der Waals surface area contributed by atoms with Crippen LogP contribution in [-0.2, 0) is 29.9 Å².